The van der Waals surface area contributed by atoms with Crippen LogP contribution < -0.4 is 5.32 Å². The number of ether oxygens (including phenoxy) is 2. The summed E-state index contributed by atoms with van der Waals surface area (Å²) in [5, 5.41) is 12.2. The van der Waals surface area contributed by atoms with Crippen molar-refractivity contribution in [3.63, 3.8) is 0 Å². The molecule has 1 aliphatic heterocycles. The molecular formula is C52H78N4O8. The van der Waals surface area contributed by atoms with Gasteiger partial charge in [-0.25, -0.2) is 0 Å². The first-order chi connectivity index (χ1) is 30.4. The number of aliphatic carboxylic acids is 1. The molecule has 2 N–H and O–H groups in total. The smallest absolute Gasteiger partial charge is 0.303 e. The van der Waals surface area contributed by atoms with E-state index in [1.54, 1.807) is 39.3 Å². The first-order valence-corrected chi connectivity index (χ1v) is 23.3. The predicted molar refractivity (Wildman–Crippen MR) is 254 cm³/mol. The van der Waals surface area contributed by atoms with Crippen LogP contribution in [0.2, 0.25) is 0 Å². The van der Waals surface area contributed by atoms with E-state index in [1.807, 2.05) is 113 Å². The number of carboxylic acid groups (broad SMARTS) is 1. The van der Waals surface area contributed by atoms with E-state index in [0.717, 1.165) is 18.4 Å². The molecule has 0 unspecified atom stereocenters. The molecule has 3 amide bonds. The third-order valence-corrected chi connectivity index (χ3v) is 13.0. The number of carboxylic acids is 1. The minimum Gasteiger partial charge on any atom is -0.481 e. The molecule has 9 atom stereocenters. The molecule has 1 heterocycles. The van der Waals surface area contributed by atoms with Gasteiger partial charge in [0.1, 0.15) is 6.04 Å². The van der Waals surface area contributed by atoms with E-state index < -0.39 is 42.2 Å². The van der Waals surface area contributed by atoms with Crippen molar-refractivity contribution in [2.24, 2.45) is 29.6 Å². The fourth-order valence-electron chi connectivity index (χ4n) is 9.18. The SMILES string of the molecule is CC[C@H](C)[C@@H]([C@@H](CC(=O)N1CCC[C@H]1[C@H](OC)[C@@H](C)C(=O)/C=C/[C@H](/C=C/c1ccccc1)Cc1ccccc1)OC)N(C)C(=O)[C@@H](NC(=O)[C@H](C(C)C)N(C)CCCC(=O)O)C(C)C. The van der Waals surface area contributed by atoms with Gasteiger partial charge in [-0.1, -0.05) is 134 Å². The van der Waals surface area contributed by atoms with Crippen LogP contribution in [-0.2, 0) is 39.9 Å². The fraction of sp³-hybridized carbons (Fsp3) is 0.596. The molecule has 0 saturated carbocycles. The van der Waals surface area contributed by atoms with Crippen molar-refractivity contribution in [3.8, 4) is 0 Å². The number of methoxy groups -OCH3 is 2. The number of hydrogen-bond acceptors (Lipinski definition) is 8. The number of benzene rings is 2. The first kappa shape index (κ1) is 53.7. The highest BCUT2D eigenvalue weighted by Gasteiger charge is 2.43. The largest absolute Gasteiger partial charge is 0.481 e. The number of allylic oxidation sites excluding steroid dienone is 3. The van der Waals surface area contributed by atoms with E-state index in [-0.39, 0.29) is 66.1 Å². The summed E-state index contributed by atoms with van der Waals surface area (Å²) >= 11 is 0. The van der Waals surface area contributed by atoms with Gasteiger partial charge in [-0.05, 0) is 80.2 Å². The molecule has 0 aliphatic carbocycles. The van der Waals surface area contributed by atoms with E-state index in [4.69, 9.17) is 14.6 Å². The maximum absolute atomic E-state index is 14.5. The molecule has 2 aromatic carbocycles. The number of carbonyl (C=O) groups excluding carboxylic acids is 4. The maximum atomic E-state index is 14.5. The van der Waals surface area contributed by atoms with E-state index in [9.17, 15) is 24.0 Å². The number of amides is 3. The highest BCUT2D eigenvalue weighted by atomic mass is 16.5. The Balaban J connectivity index is 1.79. The van der Waals surface area contributed by atoms with Gasteiger partial charge in [-0.3, -0.25) is 28.9 Å². The summed E-state index contributed by atoms with van der Waals surface area (Å²) < 4.78 is 12.1. The van der Waals surface area contributed by atoms with E-state index in [1.165, 1.54) is 5.56 Å². The summed E-state index contributed by atoms with van der Waals surface area (Å²) in [6, 6.07) is 18.1. The molecule has 0 radical (unpaired) electrons. The van der Waals surface area contributed by atoms with Crippen molar-refractivity contribution in [2.45, 2.75) is 130 Å². The average molecular weight is 887 g/mol. The van der Waals surface area contributed by atoms with Gasteiger partial charge in [0.05, 0.1) is 36.8 Å². The van der Waals surface area contributed by atoms with E-state index in [2.05, 4.69) is 29.6 Å². The zero-order valence-electron chi connectivity index (χ0n) is 40.4. The predicted octanol–water partition coefficient (Wildman–Crippen LogP) is 7.57. The van der Waals surface area contributed by atoms with Crippen LogP contribution in [0.1, 0.15) is 98.1 Å². The van der Waals surface area contributed by atoms with Crippen molar-refractivity contribution in [2.75, 3.05) is 41.4 Å². The number of nitrogens with one attached hydrogen (secondary N) is 1. The summed E-state index contributed by atoms with van der Waals surface area (Å²) in [5.41, 5.74) is 2.25. The highest BCUT2D eigenvalue weighted by molar-refractivity contribution is 5.92. The summed E-state index contributed by atoms with van der Waals surface area (Å²) in [7, 11) is 6.68. The molecule has 0 spiro atoms. The lowest BCUT2D eigenvalue weighted by molar-refractivity contribution is -0.147. The number of rotatable bonds is 27. The Morgan fingerprint density at radius 3 is 2.09 bits per heavy atom. The third kappa shape index (κ3) is 15.8. The Kier molecular flexibility index (Phi) is 22.6. The number of likely N-dealkylation sites (N-methyl/N-ethyl adjacent to an activating group) is 2. The Morgan fingerprint density at radius 2 is 1.53 bits per heavy atom. The molecular weight excluding hydrogens is 809 g/mol. The molecule has 354 valence electrons. The summed E-state index contributed by atoms with van der Waals surface area (Å²) in [6.07, 6.45) is 9.97. The van der Waals surface area contributed by atoms with Crippen molar-refractivity contribution in [3.05, 3.63) is 90.0 Å². The lowest BCUT2D eigenvalue weighted by atomic mass is 9.89. The third-order valence-electron chi connectivity index (χ3n) is 13.0. The van der Waals surface area contributed by atoms with Gasteiger partial charge in [0.2, 0.25) is 17.7 Å². The maximum Gasteiger partial charge on any atom is 0.303 e. The van der Waals surface area contributed by atoms with Gasteiger partial charge >= 0.3 is 5.97 Å². The van der Waals surface area contributed by atoms with E-state index in [0.29, 0.717) is 32.4 Å². The zero-order chi connectivity index (χ0) is 47.5. The monoisotopic (exact) mass is 887 g/mol. The van der Waals surface area contributed by atoms with Crippen LogP contribution in [0.3, 0.4) is 0 Å². The summed E-state index contributed by atoms with van der Waals surface area (Å²) in [6.45, 7) is 14.5. The molecule has 1 aliphatic rings. The van der Waals surface area contributed by atoms with Crippen molar-refractivity contribution >= 4 is 35.6 Å². The van der Waals surface area contributed by atoms with Crippen LogP contribution in [0.15, 0.2) is 78.9 Å². The van der Waals surface area contributed by atoms with Gasteiger partial charge in [0, 0.05) is 40.2 Å². The number of hydrogen-bond donors (Lipinski definition) is 2. The fourth-order valence-corrected chi connectivity index (χ4v) is 9.18. The minimum absolute atomic E-state index is 0.00125. The lowest BCUT2D eigenvalue weighted by Crippen LogP contribution is -2.60. The molecule has 0 aromatic heterocycles. The second-order valence-corrected chi connectivity index (χ2v) is 18.4. The van der Waals surface area contributed by atoms with E-state index >= 15 is 0 Å². The Bertz CT molecular complexity index is 1820. The Labute approximate surface area is 383 Å². The van der Waals surface area contributed by atoms with Crippen LogP contribution in [0, 0.1) is 29.6 Å². The van der Waals surface area contributed by atoms with Crippen molar-refractivity contribution in [1.82, 2.24) is 20.0 Å². The molecule has 12 heteroatoms. The molecule has 2 aromatic rings. The number of carbonyl (C=O) groups is 5. The molecule has 64 heavy (non-hydrogen) atoms. The normalized spacial score (nSPS) is 18.2. The minimum atomic E-state index is -0.888. The molecule has 1 saturated heterocycles. The van der Waals surface area contributed by atoms with Crippen LogP contribution in [0.4, 0.5) is 0 Å². The van der Waals surface area contributed by atoms with Crippen LogP contribution in [-0.4, -0.2) is 127 Å². The molecule has 3 rings (SSSR count). The molecule has 1 fully saturated rings. The lowest BCUT2D eigenvalue weighted by Gasteiger charge is -2.41. The van der Waals surface area contributed by atoms with Gasteiger partial charge in [0.15, 0.2) is 5.78 Å². The highest BCUT2D eigenvalue weighted by Crippen LogP contribution is 2.30. The van der Waals surface area contributed by atoms with Crippen molar-refractivity contribution in [1.29, 1.82) is 0 Å². The number of likely N-dealkylation sites (tertiary alicyclic amines) is 1. The van der Waals surface area contributed by atoms with Gasteiger partial charge < -0.3 is 29.7 Å². The van der Waals surface area contributed by atoms with Crippen LogP contribution >= 0.6 is 0 Å². The number of ketones is 1. The van der Waals surface area contributed by atoms with Gasteiger partial charge in [-0.15, -0.1) is 0 Å². The average Bonchev–Trinajstić information content (AvgIpc) is 3.76. The van der Waals surface area contributed by atoms with Crippen molar-refractivity contribution < 1.29 is 38.6 Å². The second kappa shape index (κ2) is 27.0. The zero-order valence-corrected chi connectivity index (χ0v) is 40.4. The first-order valence-electron chi connectivity index (χ1n) is 23.3. The van der Waals surface area contributed by atoms with Crippen LogP contribution in [0.5, 0.6) is 0 Å². The standard InChI is InChI=1S/C52H78N4O8/c1-12-37(6)49(55(9)52(62)47(35(2)3)53-51(61)48(36(4)5)54(8)31-20-26-46(59)60)44(63-10)34-45(58)56-32-19-25-42(56)50(64-11)38(7)43(57)30-29-41(33-40-23-17-14-18-24-40)28-27-39-21-15-13-16-22-39/h13-18,21-24,27-30,35-38,41-42,44,47-50H,12,19-20,25-26,31-34H2,1-11H3,(H,53,61)(H,59,60)/b28-27+,30-29+/t37-,38-,41-,42-,44+,47-,48-,49-,50+/m0/s1. The van der Waals surface area contributed by atoms with Gasteiger partial charge in [0.25, 0.3) is 0 Å². The van der Waals surface area contributed by atoms with Crippen LogP contribution in [0.25, 0.3) is 6.08 Å². The topological polar surface area (TPSA) is 146 Å². The quantitative estimate of drug-likeness (QED) is 0.0869. The Morgan fingerprint density at radius 1 is 0.891 bits per heavy atom. The summed E-state index contributed by atoms with van der Waals surface area (Å²) in [5.74, 6) is -2.61. The second-order valence-electron chi connectivity index (χ2n) is 18.4. The van der Waals surface area contributed by atoms with Gasteiger partial charge in [-0.2, -0.15) is 0 Å². The Hall–Kier alpha value is -4.65. The number of nitrogens with zero attached hydrogens (tertiary/aromatic N) is 3. The summed E-state index contributed by atoms with van der Waals surface area (Å²) in [4.78, 5) is 73.1. The molecule has 0 bridgehead atoms. The molecule has 12 nitrogen and oxygen atoms in total.